The normalized spacial score (nSPS) is 11.5. The molecule has 0 aliphatic rings. The minimum Gasteiger partial charge on any atom is -0.497 e. The van der Waals surface area contributed by atoms with Crippen molar-refractivity contribution in [3.8, 4) is 23.3 Å². The third-order valence-electron chi connectivity index (χ3n) is 4.15. The number of hydrogen-bond donors (Lipinski definition) is 0. The average Bonchev–Trinajstić information content (AvgIpc) is 3.23. The minimum absolute atomic E-state index is 0.124. The fraction of sp³-hybridized carbons (Fsp3) is 0.238. The maximum atomic E-state index is 13.0. The van der Waals surface area contributed by atoms with Crippen molar-refractivity contribution in [3.63, 3.8) is 0 Å². The van der Waals surface area contributed by atoms with Crippen LogP contribution in [-0.2, 0) is 4.79 Å². The molecule has 0 saturated carbocycles. The van der Waals surface area contributed by atoms with E-state index in [4.69, 9.17) is 14.4 Å². The van der Waals surface area contributed by atoms with Gasteiger partial charge < -0.3 is 14.1 Å². The Kier molecular flexibility index (Phi) is 6.87. The molecule has 0 bridgehead atoms. The van der Waals surface area contributed by atoms with Crippen LogP contribution in [0.3, 0.4) is 0 Å². The summed E-state index contributed by atoms with van der Waals surface area (Å²) in [5.74, 6) is 0.986. The van der Waals surface area contributed by atoms with Gasteiger partial charge in [-0.2, -0.15) is 5.26 Å². The molecule has 0 saturated heterocycles. The number of benzene rings is 2. The van der Waals surface area contributed by atoms with E-state index in [-0.39, 0.29) is 12.3 Å². The van der Waals surface area contributed by atoms with E-state index in [1.165, 1.54) is 11.8 Å². The highest BCUT2D eigenvalue weighted by molar-refractivity contribution is 8.00. The molecule has 0 fully saturated rings. The first kappa shape index (κ1) is 20.4. The second kappa shape index (κ2) is 9.75. The standard InChI is InChI=1S/C21H20N4O3S/c1-15(20(26)25(14-6-13-22)17-7-4-3-5-8-17)29-21-24-23-19(28-21)16-9-11-18(27-2)12-10-16/h3-5,7-12,15H,6,14H2,1-2H3/t15-/m0/s1. The third-order valence-corrected chi connectivity index (χ3v) is 5.07. The Morgan fingerprint density at radius 1 is 1.21 bits per heavy atom. The molecule has 29 heavy (non-hydrogen) atoms. The number of ether oxygens (including phenoxy) is 1. The van der Waals surface area contributed by atoms with Crippen LogP contribution in [0.15, 0.2) is 64.2 Å². The number of nitrogens with zero attached hydrogens (tertiary/aromatic N) is 4. The minimum atomic E-state index is -0.460. The van der Waals surface area contributed by atoms with Gasteiger partial charge in [-0.15, -0.1) is 10.2 Å². The lowest BCUT2D eigenvalue weighted by molar-refractivity contribution is -0.117. The molecule has 0 spiro atoms. The smallest absolute Gasteiger partial charge is 0.277 e. The zero-order valence-electron chi connectivity index (χ0n) is 16.1. The summed E-state index contributed by atoms with van der Waals surface area (Å²) in [6.07, 6.45) is 0.250. The van der Waals surface area contributed by atoms with Gasteiger partial charge in [0.25, 0.3) is 5.22 Å². The Morgan fingerprint density at radius 3 is 2.59 bits per heavy atom. The summed E-state index contributed by atoms with van der Waals surface area (Å²) in [6.45, 7) is 2.11. The molecule has 1 amide bonds. The summed E-state index contributed by atoms with van der Waals surface area (Å²) in [5.41, 5.74) is 1.52. The number of aromatic nitrogens is 2. The van der Waals surface area contributed by atoms with Crippen LogP contribution in [0, 0.1) is 11.3 Å². The van der Waals surface area contributed by atoms with Crippen molar-refractivity contribution in [2.45, 2.75) is 23.8 Å². The molecular formula is C21H20N4O3S. The highest BCUT2D eigenvalue weighted by atomic mass is 32.2. The number of methoxy groups -OCH3 is 1. The Hall–Kier alpha value is -3.31. The molecule has 148 valence electrons. The largest absolute Gasteiger partial charge is 0.497 e. The van der Waals surface area contributed by atoms with E-state index in [0.717, 1.165) is 17.0 Å². The Balaban J connectivity index is 1.71. The summed E-state index contributed by atoms with van der Waals surface area (Å²) >= 11 is 1.19. The molecule has 0 aliphatic heterocycles. The number of rotatable bonds is 8. The first-order chi connectivity index (χ1) is 14.1. The van der Waals surface area contributed by atoms with Crippen LogP contribution in [0.2, 0.25) is 0 Å². The molecule has 0 N–H and O–H groups in total. The van der Waals surface area contributed by atoms with Crippen molar-refractivity contribution in [1.29, 1.82) is 5.26 Å². The monoisotopic (exact) mass is 408 g/mol. The molecule has 0 aliphatic carbocycles. The maximum absolute atomic E-state index is 13.0. The van der Waals surface area contributed by atoms with E-state index >= 15 is 0 Å². The van der Waals surface area contributed by atoms with Crippen LogP contribution in [0.1, 0.15) is 13.3 Å². The second-order valence-corrected chi connectivity index (χ2v) is 7.39. The summed E-state index contributed by atoms with van der Waals surface area (Å²) in [5, 5.41) is 16.9. The quantitative estimate of drug-likeness (QED) is 0.516. The van der Waals surface area contributed by atoms with E-state index in [9.17, 15) is 4.79 Å². The average molecular weight is 408 g/mol. The van der Waals surface area contributed by atoms with Crippen LogP contribution in [-0.4, -0.2) is 35.0 Å². The molecule has 3 rings (SSSR count). The van der Waals surface area contributed by atoms with Crippen LogP contribution >= 0.6 is 11.8 Å². The maximum Gasteiger partial charge on any atom is 0.277 e. The third kappa shape index (κ3) is 5.15. The molecule has 2 aromatic carbocycles. The summed E-state index contributed by atoms with van der Waals surface area (Å²) in [7, 11) is 1.60. The molecule has 3 aromatic rings. The predicted molar refractivity (Wildman–Crippen MR) is 111 cm³/mol. The topological polar surface area (TPSA) is 92.3 Å². The van der Waals surface area contributed by atoms with Gasteiger partial charge in [0.15, 0.2) is 0 Å². The van der Waals surface area contributed by atoms with Crippen molar-refractivity contribution in [3.05, 3.63) is 54.6 Å². The summed E-state index contributed by atoms with van der Waals surface area (Å²) < 4.78 is 10.9. The predicted octanol–water partition coefficient (Wildman–Crippen LogP) is 4.17. The summed E-state index contributed by atoms with van der Waals surface area (Å²) in [4.78, 5) is 14.6. The highest BCUT2D eigenvalue weighted by Crippen LogP contribution is 2.29. The van der Waals surface area contributed by atoms with E-state index in [1.54, 1.807) is 18.9 Å². The Morgan fingerprint density at radius 2 is 1.93 bits per heavy atom. The van der Waals surface area contributed by atoms with Gasteiger partial charge in [0.05, 0.1) is 24.8 Å². The van der Waals surface area contributed by atoms with Crippen LogP contribution in [0.4, 0.5) is 5.69 Å². The van der Waals surface area contributed by atoms with Gasteiger partial charge in [0.2, 0.25) is 11.8 Å². The Bertz CT molecular complexity index is 983. The van der Waals surface area contributed by atoms with Crippen molar-refractivity contribution in [1.82, 2.24) is 10.2 Å². The van der Waals surface area contributed by atoms with Crippen molar-refractivity contribution < 1.29 is 13.9 Å². The van der Waals surface area contributed by atoms with Crippen molar-refractivity contribution >= 4 is 23.4 Å². The zero-order valence-corrected chi connectivity index (χ0v) is 16.9. The van der Waals surface area contributed by atoms with Crippen LogP contribution < -0.4 is 9.64 Å². The fourth-order valence-electron chi connectivity index (χ4n) is 2.67. The van der Waals surface area contributed by atoms with E-state index in [1.807, 2.05) is 54.6 Å². The molecule has 0 unspecified atom stereocenters. The highest BCUT2D eigenvalue weighted by Gasteiger charge is 2.25. The van der Waals surface area contributed by atoms with Gasteiger partial charge in [-0.3, -0.25) is 4.79 Å². The number of carbonyl (C=O) groups is 1. The van der Waals surface area contributed by atoms with Crippen molar-refractivity contribution in [2.75, 3.05) is 18.6 Å². The number of thioether (sulfide) groups is 1. The lowest BCUT2D eigenvalue weighted by atomic mass is 10.2. The van der Waals surface area contributed by atoms with E-state index < -0.39 is 5.25 Å². The first-order valence-corrected chi connectivity index (χ1v) is 9.88. The second-order valence-electron chi connectivity index (χ2n) is 6.10. The van der Waals surface area contributed by atoms with Crippen LogP contribution in [0.25, 0.3) is 11.5 Å². The molecule has 0 radical (unpaired) electrons. The SMILES string of the molecule is COc1ccc(-c2nnc(S[C@@H](C)C(=O)N(CCC#N)c3ccccc3)o2)cc1. The molecular weight excluding hydrogens is 388 g/mol. The number of amides is 1. The summed E-state index contributed by atoms with van der Waals surface area (Å²) in [6, 6.07) is 18.7. The van der Waals surface area contributed by atoms with Crippen molar-refractivity contribution in [2.24, 2.45) is 0 Å². The molecule has 8 heteroatoms. The number of carbonyl (C=O) groups excluding carboxylic acids is 1. The van der Waals surface area contributed by atoms with Gasteiger partial charge in [0.1, 0.15) is 5.75 Å². The first-order valence-electron chi connectivity index (χ1n) is 9.00. The van der Waals surface area contributed by atoms with E-state index in [0.29, 0.717) is 17.7 Å². The zero-order chi connectivity index (χ0) is 20.6. The molecule has 1 heterocycles. The lowest BCUT2D eigenvalue weighted by Gasteiger charge is -2.24. The fourth-order valence-corrected chi connectivity index (χ4v) is 3.41. The van der Waals surface area contributed by atoms with E-state index in [2.05, 4.69) is 16.3 Å². The van der Waals surface area contributed by atoms with Gasteiger partial charge in [-0.05, 0) is 43.3 Å². The number of nitriles is 1. The van der Waals surface area contributed by atoms with Gasteiger partial charge >= 0.3 is 0 Å². The van der Waals surface area contributed by atoms with Gasteiger partial charge in [-0.1, -0.05) is 30.0 Å². The molecule has 1 aromatic heterocycles. The molecule has 1 atom stereocenters. The van der Waals surface area contributed by atoms with Gasteiger partial charge in [0, 0.05) is 17.8 Å². The number of para-hydroxylation sites is 1. The number of hydrogen-bond acceptors (Lipinski definition) is 7. The Labute approximate surface area is 173 Å². The van der Waals surface area contributed by atoms with Crippen LogP contribution in [0.5, 0.6) is 5.75 Å². The van der Waals surface area contributed by atoms with Gasteiger partial charge in [-0.25, -0.2) is 0 Å². The number of anilines is 1. The molecule has 7 nitrogen and oxygen atoms in total. The lowest BCUT2D eigenvalue weighted by Crippen LogP contribution is -2.37.